The lowest BCUT2D eigenvalue weighted by Crippen LogP contribution is -2.00. The van der Waals surface area contributed by atoms with Crippen LogP contribution < -0.4 is 5.73 Å². The first-order valence-electron chi connectivity index (χ1n) is 4.38. The lowest BCUT2D eigenvalue weighted by molar-refractivity contribution is -0.136. The van der Waals surface area contributed by atoms with Gasteiger partial charge in [-0.15, -0.1) is 0 Å². The van der Waals surface area contributed by atoms with Crippen LogP contribution in [-0.4, -0.2) is 12.6 Å². The van der Waals surface area contributed by atoms with E-state index in [4.69, 9.17) is 17.3 Å². The van der Waals surface area contributed by atoms with Crippen molar-refractivity contribution in [1.29, 1.82) is 0 Å². The van der Waals surface area contributed by atoms with Crippen molar-refractivity contribution in [2.24, 2.45) is 0 Å². The molecule has 0 amide bonds. The second kappa shape index (κ2) is 5.28. The number of carbonyl (C=O) groups is 1. The Bertz CT molecular complexity index is 412. The van der Waals surface area contributed by atoms with Crippen LogP contribution in [0.3, 0.4) is 0 Å². The number of halogens is 1. The molecule has 2 N–H and O–H groups in total. The minimum Gasteiger partial charge on any atom is -0.456 e. The number of anilines is 1. The molecule has 3 nitrogen and oxygen atoms in total. The van der Waals surface area contributed by atoms with E-state index in [9.17, 15) is 4.79 Å². The number of hydrogen-bond donors (Lipinski definition) is 1. The van der Waals surface area contributed by atoms with E-state index in [2.05, 4.69) is 16.6 Å². The fourth-order valence-corrected chi connectivity index (χ4v) is 1.18. The van der Waals surface area contributed by atoms with Crippen molar-refractivity contribution in [3.05, 3.63) is 28.8 Å². The maximum atomic E-state index is 11.0. The van der Waals surface area contributed by atoms with Gasteiger partial charge < -0.3 is 10.5 Å². The fourth-order valence-electron chi connectivity index (χ4n) is 0.953. The molecule has 0 saturated heterocycles. The van der Waals surface area contributed by atoms with Gasteiger partial charge in [-0.1, -0.05) is 23.6 Å². The van der Waals surface area contributed by atoms with E-state index < -0.39 is 5.97 Å². The SMILES string of the molecule is CCOC(=O)C#Cc1c(N)cccc1Cl. The highest BCUT2D eigenvalue weighted by Crippen LogP contribution is 2.20. The van der Waals surface area contributed by atoms with Crippen molar-refractivity contribution in [2.45, 2.75) is 6.92 Å². The van der Waals surface area contributed by atoms with Gasteiger partial charge in [0.1, 0.15) is 0 Å². The Morgan fingerprint density at radius 1 is 1.60 bits per heavy atom. The van der Waals surface area contributed by atoms with Crippen molar-refractivity contribution >= 4 is 23.3 Å². The van der Waals surface area contributed by atoms with Crippen molar-refractivity contribution < 1.29 is 9.53 Å². The molecule has 0 aliphatic carbocycles. The van der Waals surface area contributed by atoms with Crippen LogP contribution in [0.4, 0.5) is 5.69 Å². The molecule has 0 aliphatic rings. The third-order valence-corrected chi connectivity index (χ3v) is 1.93. The molecular formula is C11H10ClNO2. The average Bonchev–Trinajstić information content (AvgIpc) is 2.17. The first kappa shape index (κ1) is 11.4. The average molecular weight is 224 g/mol. The van der Waals surface area contributed by atoms with E-state index in [-0.39, 0.29) is 0 Å². The Morgan fingerprint density at radius 2 is 2.33 bits per heavy atom. The number of ether oxygens (including phenoxy) is 1. The summed E-state index contributed by atoms with van der Waals surface area (Å²) in [6.45, 7) is 2.01. The van der Waals surface area contributed by atoms with Gasteiger partial charge in [-0.25, -0.2) is 4.79 Å². The maximum Gasteiger partial charge on any atom is 0.384 e. The Balaban J connectivity index is 2.93. The van der Waals surface area contributed by atoms with Crippen LogP contribution in [0.25, 0.3) is 0 Å². The topological polar surface area (TPSA) is 52.3 Å². The molecular weight excluding hydrogens is 214 g/mol. The number of benzene rings is 1. The molecule has 4 heteroatoms. The number of hydrogen-bond acceptors (Lipinski definition) is 3. The van der Waals surface area contributed by atoms with Gasteiger partial charge in [0.2, 0.25) is 0 Å². The van der Waals surface area contributed by atoms with Crippen molar-refractivity contribution in [1.82, 2.24) is 0 Å². The van der Waals surface area contributed by atoms with E-state index in [1.165, 1.54) is 0 Å². The third-order valence-electron chi connectivity index (χ3n) is 1.61. The molecule has 0 spiro atoms. The molecule has 0 radical (unpaired) electrons. The van der Waals surface area contributed by atoms with Gasteiger partial charge in [-0.2, -0.15) is 0 Å². The molecule has 0 saturated carbocycles. The molecule has 0 fully saturated rings. The summed E-state index contributed by atoms with van der Waals surface area (Å²) < 4.78 is 4.65. The highest BCUT2D eigenvalue weighted by Gasteiger charge is 2.01. The molecule has 1 aromatic carbocycles. The molecule has 0 aliphatic heterocycles. The molecule has 78 valence electrons. The monoisotopic (exact) mass is 223 g/mol. The lowest BCUT2D eigenvalue weighted by atomic mass is 10.2. The smallest absolute Gasteiger partial charge is 0.384 e. The van der Waals surface area contributed by atoms with E-state index >= 15 is 0 Å². The molecule has 0 bridgehead atoms. The van der Waals surface area contributed by atoms with Gasteiger partial charge in [0.25, 0.3) is 0 Å². The van der Waals surface area contributed by atoms with Crippen molar-refractivity contribution in [3.63, 3.8) is 0 Å². The summed E-state index contributed by atoms with van der Waals surface area (Å²) in [6.07, 6.45) is 0. The number of rotatable bonds is 1. The van der Waals surface area contributed by atoms with Crippen molar-refractivity contribution in [2.75, 3.05) is 12.3 Å². The van der Waals surface area contributed by atoms with Crippen LogP contribution in [0.2, 0.25) is 5.02 Å². The second-order valence-electron chi connectivity index (χ2n) is 2.67. The number of esters is 1. The first-order chi connectivity index (χ1) is 7.15. The van der Waals surface area contributed by atoms with Gasteiger partial charge in [-0.05, 0) is 19.1 Å². The summed E-state index contributed by atoms with van der Waals surface area (Å²) >= 11 is 5.86. The van der Waals surface area contributed by atoms with E-state index in [0.717, 1.165) is 0 Å². The summed E-state index contributed by atoms with van der Waals surface area (Å²) in [5.41, 5.74) is 6.54. The summed E-state index contributed by atoms with van der Waals surface area (Å²) in [5.74, 6) is 4.30. The van der Waals surface area contributed by atoms with Crippen LogP contribution in [0.15, 0.2) is 18.2 Å². The Kier molecular flexibility index (Phi) is 4.02. The normalized spacial score (nSPS) is 8.93. The van der Waals surface area contributed by atoms with Gasteiger partial charge in [0, 0.05) is 11.6 Å². The molecule has 1 aromatic rings. The fraction of sp³-hybridized carbons (Fsp3) is 0.182. The second-order valence-corrected chi connectivity index (χ2v) is 3.08. The van der Waals surface area contributed by atoms with Crippen LogP contribution in [-0.2, 0) is 9.53 Å². The summed E-state index contributed by atoms with van der Waals surface area (Å²) in [5, 5.41) is 0.423. The Labute approximate surface area is 93.2 Å². The molecule has 0 atom stereocenters. The predicted octanol–water partition coefficient (Wildman–Crippen LogP) is 1.84. The highest BCUT2D eigenvalue weighted by molar-refractivity contribution is 6.32. The minimum absolute atomic E-state index is 0.297. The zero-order valence-electron chi connectivity index (χ0n) is 8.21. The lowest BCUT2D eigenvalue weighted by Gasteiger charge is -1.99. The zero-order valence-corrected chi connectivity index (χ0v) is 8.97. The van der Waals surface area contributed by atoms with E-state index in [1.807, 2.05) is 0 Å². The van der Waals surface area contributed by atoms with Crippen LogP contribution in [0, 0.1) is 11.8 Å². The van der Waals surface area contributed by atoms with Gasteiger partial charge in [0.05, 0.1) is 17.2 Å². The first-order valence-corrected chi connectivity index (χ1v) is 4.75. The van der Waals surface area contributed by atoms with Crippen molar-refractivity contribution in [3.8, 4) is 11.8 Å². The van der Waals surface area contributed by atoms with Crippen LogP contribution >= 0.6 is 11.6 Å². The standard InChI is InChI=1S/C11H10ClNO2/c1-2-15-11(14)7-6-8-9(12)4-3-5-10(8)13/h3-5H,2,13H2,1H3. The molecule has 0 unspecified atom stereocenters. The maximum absolute atomic E-state index is 11.0. The quantitative estimate of drug-likeness (QED) is 0.449. The molecule has 0 aromatic heterocycles. The number of nitrogens with two attached hydrogens (primary N) is 1. The largest absolute Gasteiger partial charge is 0.456 e. The predicted molar refractivity (Wildman–Crippen MR) is 59.4 cm³/mol. The van der Waals surface area contributed by atoms with Gasteiger partial charge in [0.15, 0.2) is 0 Å². The highest BCUT2D eigenvalue weighted by atomic mass is 35.5. The Hall–Kier alpha value is -1.66. The number of carbonyl (C=O) groups excluding carboxylic acids is 1. The minimum atomic E-state index is -0.586. The van der Waals surface area contributed by atoms with Gasteiger partial charge >= 0.3 is 5.97 Å². The summed E-state index contributed by atoms with van der Waals surface area (Å²) in [6, 6.07) is 5.04. The van der Waals surface area contributed by atoms with Gasteiger partial charge in [-0.3, -0.25) is 0 Å². The molecule has 1 rings (SSSR count). The number of nitrogen functional groups attached to an aromatic ring is 1. The zero-order chi connectivity index (χ0) is 11.3. The summed E-state index contributed by atoms with van der Waals surface area (Å²) in [4.78, 5) is 11.0. The van der Waals surface area contributed by atoms with Crippen LogP contribution in [0.5, 0.6) is 0 Å². The molecule has 15 heavy (non-hydrogen) atoms. The van der Waals surface area contributed by atoms with E-state index in [1.54, 1.807) is 25.1 Å². The molecule has 0 heterocycles. The summed E-state index contributed by atoms with van der Waals surface area (Å²) in [7, 11) is 0. The van der Waals surface area contributed by atoms with Crippen LogP contribution in [0.1, 0.15) is 12.5 Å². The van der Waals surface area contributed by atoms with E-state index in [0.29, 0.717) is 22.9 Å². The Morgan fingerprint density at radius 3 is 2.93 bits per heavy atom. The third kappa shape index (κ3) is 3.19.